The van der Waals surface area contributed by atoms with Crippen LogP contribution in [0.4, 0.5) is 24.2 Å². The number of Topliss-reactive ketones (excluding diaryl/α,β-unsaturated/α-hetero) is 2. The van der Waals surface area contributed by atoms with Gasteiger partial charge in [-0.15, -0.1) is 45.3 Å². The van der Waals surface area contributed by atoms with Crippen LogP contribution in [0.3, 0.4) is 0 Å². The Bertz CT molecular complexity index is 4250. The number of piperazine rings is 2. The number of amidine groups is 2. The van der Waals surface area contributed by atoms with Crippen molar-refractivity contribution >= 4 is 142 Å². The number of amides is 4. The summed E-state index contributed by atoms with van der Waals surface area (Å²) in [5.74, 6) is -0.360. The minimum atomic E-state index is -0.772. The highest BCUT2D eigenvalue weighted by Gasteiger charge is 2.46. The fraction of sp³-hybridized carbons (Fsp3) is 0.294. The highest BCUT2D eigenvalue weighted by molar-refractivity contribution is 9.10. The minimum Gasteiger partial charge on any atom is -0.463 e. The van der Waals surface area contributed by atoms with Crippen LogP contribution in [0.2, 0.25) is 10.0 Å². The van der Waals surface area contributed by atoms with Gasteiger partial charge in [-0.25, -0.2) is 43.5 Å². The average Bonchev–Trinajstić information content (AvgIpc) is 1.08. The number of aromatic nitrogens is 4. The lowest BCUT2D eigenvalue weighted by molar-refractivity contribution is -0.139. The predicted octanol–water partition coefficient (Wildman–Crippen LogP) is 12.2. The summed E-state index contributed by atoms with van der Waals surface area (Å²) in [6, 6.07) is 22.2. The van der Waals surface area contributed by atoms with Crippen LogP contribution in [0.15, 0.2) is 156 Å². The third kappa shape index (κ3) is 14.4. The molecule has 30 heteroatoms. The van der Waals surface area contributed by atoms with Crippen molar-refractivity contribution in [3.8, 4) is 22.5 Å². The van der Waals surface area contributed by atoms with E-state index in [1.165, 1.54) is 71.3 Å². The fourth-order valence-electron chi connectivity index (χ4n) is 12.5. The highest BCUT2D eigenvalue weighted by Crippen LogP contribution is 2.41. The number of nitrogens with zero attached hydrogens (tertiary/aromatic N) is 12. The fourth-order valence-corrected chi connectivity index (χ4v) is 16.5. The number of ketones is 2. The monoisotopic (exact) mass is 1500 g/mol. The van der Waals surface area contributed by atoms with Gasteiger partial charge in [-0.2, -0.15) is 0 Å². The van der Waals surface area contributed by atoms with E-state index in [-0.39, 0.29) is 48.9 Å². The molecule has 98 heavy (non-hydrogen) atoms. The normalized spacial score (nSPS) is 19.5. The second kappa shape index (κ2) is 29.6. The quantitative estimate of drug-likeness (QED) is 0.0599. The molecule has 0 saturated carbocycles. The summed E-state index contributed by atoms with van der Waals surface area (Å²) in [6.45, 7) is 12.0. The Morgan fingerprint density at radius 1 is 0.602 bits per heavy atom. The van der Waals surface area contributed by atoms with Crippen molar-refractivity contribution in [2.75, 3.05) is 88.5 Å². The van der Waals surface area contributed by atoms with Gasteiger partial charge in [-0.3, -0.25) is 39.2 Å². The Labute approximate surface area is 597 Å². The Balaban J connectivity index is 0.000000176. The van der Waals surface area contributed by atoms with E-state index in [4.69, 9.17) is 52.6 Å². The summed E-state index contributed by atoms with van der Waals surface area (Å²) in [5, 5.41) is 17.8. The van der Waals surface area contributed by atoms with Crippen LogP contribution in [-0.2, 0) is 19.1 Å². The second-order valence-electron chi connectivity index (χ2n) is 23.5. The Morgan fingerprint density at radius 2 is 1.06 bits per heavy atom. The summed E-state index contributed by atoms with van der Waals surface area (Å²) >= 11 is 22.1. The third-order valence-electron chi connectivity index (χ3n) is 17.3. The molecule has 0 spiro atoms. The van der Waals surface area contributed by atoms with Crippen molar-refractivity contribution in [3.05, 3.63) is 194 Å². The first-order valence-corrected chi connectivity index (χ1v) is 36.4. The SMILES string of the molecule is CCOC(=O)C1=C(CN2CCN3C(=O)N(c4nc(-c5ccc(C(C)=O)cc5)cs4)C[C@@H]3C2)NC(c2nccs2)=N[C@H]1c1ccc(Cl)cc1Cl.CCOC(=O)C1=C(CN2CCN3C(=O)N(c4nc(-c5ccc(C(C)=O)cc5)cs4)C[C@@H]3C2)NC(c2nccs2)=N[C@H]1c1ccc(F)cc1Br. The van der Waals surface area contributed by atoms with E-state index in [9.17, 15) is 33.2 Å². The van der Waals surface area contributed by atoms with E-state index in [1.54, 1.807) is 84.6 Å². The van der Waals surface area contributed by atoms with Crippen molar-refractivity contribution in [2.24, 2.45) is 9.98 Å². The topological polar surface area (TPSA) is 241 Å². The first kappa shape index (κ1) is 68.1. The van der Waals surface area contributed by atoms with Gasteiger partial charge in [0.15, 0.2) is 43.5 Å². The molecule has 6 aliphatic rings. The molecule has 0 aliphatic carbocycles. The molecule has 4 atom stereocenters. The van der Waals surface area contributed by atoms with Gasteiger partial charge in [0, 0.05) is 140 Å². The molecule has 0 unspecified atom stereocenters. The van der Waals surface area contributed by atoms with E-state index >= 15 is 0 Å². The molecule has 10 heterocycles. The number of fused-ring (bicyclic) bond motifs is 2. The standard InChI is InChI=1S/C34H31BrFN7O4S2.C34H31Cl2N7O4S2/c1-3-47-32(45)28-26(38-30(31-37-10-13-48-31)40-29(28)24-9-8-22(36)14-25(24)35)17-41-11-12-42-23(15-41)16-43(34(42)46)33-39-27(18-49-33)21-6-4-20(5-7-21)19(2)44;1-3-47-32(45)28-26(38-30(31-37-10-13-48-31)40-29(28)24-9-8-22(35)14-25(24)36)17-41-11-12-42-23(15-41)16-43(34(42)46)33-39-27(18-49-33)21-6-4-20(5-7-21)19(2)44/h2*4-10,13-14,18,23,29H,3,11-12,15-17H2,1-2H3,(H,38,40)/t2*23-,29-/m00/s1. The summed E-state index contributed by atoms with van der Waals surface area (Å²) in [7, 11) is 0. The highest BCUT2D eigenvalue weighted by atomic mass is 79.9. The van der Waals surface area contributed by atoms with Gasteiger partial charge in [0.05, 0.1) is 60.9 Å². The number of esters is 2. The number of aliphatic imine (C=N–C) groups is 2. The van der Waals surface area contributed by atoms with Crippen LogP contribution in [0.1, 0.15) is 81.6 Å². The number of hydrogen-bond donors (Lipinski definition) is 2. The van der Waals surface area contributed by atoms with E-state index in [0.717, 1.165) is 22.5 Å². The molecular weight excluding hydrogens is 1440 g/mol. The second-order valence-corrected chi connectivity index (χ2v) is 28.7. The van der Waals surface area contributed by atoms with Crippen molar-refractivity contribution < 1.29 is 42.6 Å². The molecule has 504 valence electrons. The Morgan fingerprint density at radius 3 is 1.48 bits per heavy atom. The van der Waals surface area contributed by atoms with Crippen molar-refractivity contribution in [2.45, 2.75) is 51.9 Å². The molecule has 14 rings (SSSR count). The van der Waals surface area contributed by atoms with E-state index < -0.39 is 29.8 Å². The number of carbonyl (C=O) groups excluding carboxylic acids is 6. The number of urea groups is 2. The lowest BCUT2D eigenvalue weighted by atomic mass is 9.95. The number of anilines is 2. The van der Waals surface area contributed by atoms with Gasteiger partial charge in [-0.05, 0) is 57.5 Å². The zero-order chi connectivity index (χ0) is 68.5. The molecule has 8 aromatic rings. The van der Waals surface area contributed by atoms with Crippen molar-refractivity contribution in [3.63, 3.8) is 0 Å². The maximum Gasteiger partial charge on any atom is 0.338 e. The molecule has 4 aromatic carbocycles. The molecule has 22 nitrogen and oxygen atoms in total. The number of benzene rings is 4. The number of carbonyl (C=O) groups is 6. The van der Waals surface area contributed by atoms with Crippen LogP contribution < -0.4 is 20.4 Å². The lowest BCUT2D eigenvalue weighted by Crippen LogP contribution is -2.53. The smallest absolute Gasteiger partial charge is 0.338 e. The number of halogens is 4. The minimum absolute atomic E-state index is 0.000381. The van der Waals surface area contributed by atoms with Gasteiger partial charge >= 0.3 is 24.0 Å². The summed E-state index contributed by atoms with van der Waals surface area (Å²) in [6.07, 6.45) is 3.39. The van der Waals surface area contributed by atoms with Crippen molar-refractivity contribution in [1.82, 2.24) is 50.2 Å². The van der Waals surface area contributed by atoms with Gasteiger partial charge < -0.3 is 29.9 Å². The first-order valence-electron chi connectivity index (χ1n) is 31.3. The van der Waals surface area contributed by atoms with E-state index in [0.29, 0.717) is 157 Å². The van der Waals surface area contributed by atoms with Crippen LogP contribution >= 0.6 is 84.5 Å². The predicted molar refractivity (Wildman–Crippen MR) is 381 cm³/mol. The number of rotatable bonds is 18. The number of nitrogens with one attached hydrogen (secondary N) is 2. The molecule has 0 radical (unpaired) electrons. The van der Waals surface area contributed by atoms with E-state index in [1.807, 2.05) is 55.6 Å². The first-order chi connectivity index (χ1) is 47.4. The van der Waals surface area contributed by atoms with Crippen LogP contribution in [-0.4, -0.2) is 178 Å². The number of hydrogen-bond acceptors (Lipinski definition) is 22. The van der Waals surface area contributed by atoms with Gasteiger partial charge in [0.1, 0.15) is 17.9 Å². The van der Waals surface area contributed by atoms with Gasteiger partial charge in [-0.1, -0.05) is 99.8 Å². The zero-order valence-electron chi connectivity index (χ0n) is 53.1. The summed E-state index contributed by atoms with van der Waals surface area (Å²) in [4.78, 5) is 118. The van der Waals surface area contributed by atoms with Gasteiger partial charge in [0.2, 0.25) is 0 Å². The lowest BCUT2D eigenvalue weighted by Gasteiger charge is -2.38. The van der Waals surface area contributed by atoms with Crippen LogP contribution in [0, 0.1) is 5.82 Å². The molecule has 2 N–H and O–H groups in total. The van der Waals surface area contributed by atoms with Crippen molar-refractivity contribution in [1.29, 1.82) is 0 Å². The summed E-state index contributed by atoms with van der Waals surface area (Å²) < 4.78 is 25.7. The summed E-state index contributed by atoms with van der Waals surface area (Å²) in [5.41, 5.74) is 7.75. The molecule has 4 amide bonds. The third-order valence-corrected chi connectivity index (χ3v) is 21.8. The maximum absolute atomic E-state index is 14.1. The van der Waals surface area contributed by atoms with E-state index in [2.05, 4.69) is 46.3 Å². The Kier molecular flexibility index (Phi) is 20.5. The van der Waals surface area contributed by atoms with Crippen LogP contribution in [0.25, 0.3) is 22.5 Å². The molecular formula is C68H62BrCl2FN14O8S4. The largest absolute Gasteiger partial charge is 0.463 e. The molecule has 0 bridgehead atoms. The average molecular weight is 1500 g/mol. The molecule has 4 aromatic heterocycles. The van der Waals surface area contributed by atoms with Gasteiger partial charge in [0.25, 0.3) is 0 Å². The maximum atomic E-state index is 14.1. The molecule has 4 fully saturated rings. The van der Waals surface area contributed by atoms with Crippen LogP contribution in [0.5, 0.6) is 0 Å². The Hall–Kier alpha value is -8.45. The molecule has 6 aliphatic heterocycles. The molecule has 4 saturated heterocycles. The number of thiazole rings is 4. The zero-order valence-corrected chi connectivity index (χ0v) is 59.5. The number of ether oxygens (including phenoxy) is 2.